The predicted molar refractivity (Wildman–Crippen MR) is 43.8 cm³/mol. The molecule has 1 atom stereocenters. The largest absolute Gasteiger partial charge is 0.394 e. The lowest BCUT2D eigenvalue weighted by atomic mass is 10.8. The minimum absolute atomic E-state index is 0.00463. The molecule has 0 aliphatic rings. The van der Waals surface area contributed by atoms with Crippen molar-refractivity contribution in [3.05, 3.63) is 0 Å². The second-order valence-corrected chi connectivity index (χ2v) is 2.54. The molecular weight excluding hydrogens is 166 g/mol. The van der Waals surface area contributed by atoms with Crippen molar-refractivity contribution in [2.45, 2.75) is 12.4 Å². The van der Waals surface area contributed by atoms with E-state index in [0.717, 1.165) is 11.8 Å². The standard InChI is InChI=1S/C4H7NOS.C2H6O2/c1-4(6-2)7-3-5;3-1-2-4/h4H,1-2H3;3-4H,1-2H2. The minimum atomic E-state index is -0.125. The smallest absolute Gasteiger partial charge is 0.136 e. The second-order valence-electron chi connectivity index (χ2n) is 1.46. The van der Waals surface area contributed by atoms with Crippen molar-refractivity contribution in [1.29, 1.82) is 5.26 Å². The molecule has 0 aromatic heterocycles. The van der Waals surface area contributed by atoms with E-state index in [1.54, 1.807) is 7.11 Å². The molecule has 11 heavy (non-hydrogen) atoms. The summed E-state index contributed by atoms with van der Waals surface area (Å²) in [5, 5.41) is 25.2. The van der Waals surface area contributed by atoms with E-state index in [-0.39, 0.29) is 18.6 Å². The van der Waals surface area contributed by atoms with Crippen LogP contribution in [0.3, 0.4) is 0 Å². The quantitative estimate of drug-likeness (QED) is 0.477. The van der Waals surface area contributed by atoms with Gasteiger partial charge in [-0.25, -0.2) is 0 Å². The summed E-state index contributed by atoms with van der Waals surface area (Å²) in [6.07, 6.45) is 0. The van der Waals surface area contributed by atoms with E-state index in [1.165, 1.54) is 0 Å². The van der Waals surface area contributed by atoms with Crippen molar-refractivity contribution in [3.8, 4) is 5.40 Å². The van der Waals surface area contributed by atoms with E-state index >= 15 is 0 Å². The van der Waals surface area contributed by atoms with E-state index in [1.807, 2.05) is 12.3 Å². The summed E-state index contributed by atoms with van der Waals surface area (Å²) in [4.78, 5) is 0. The Bertz CT molecular complexity index is 102. The summed E-state index contributed by atoms with van der Waals surface area (Å²) in [5.41, 5.74) is 0.00463. The number of aliphatic hydroxyl groups excluding tert-OH is 2. The first kappa shape index (κ1) is 13.3. The molecule has 0 aromatic carbocycles. The Hall–Kier alpha value is -0.280. The van der Waals surface area contributed by atoms with Gasteiger partial charge in [0.15, 0.2) is 0 Å². The number of nitrogens with zero attached hydrogens (tertiary/aromatic N) is 1. The fourth-order valence-corrected chi connectivity index (χ4v) is 0.367. The SMILES string of the molecule is COC(C)SC#N.OCCO. The first-order chi connectivity index (χ1) is 5.22. The van der Waals surface area contributed by atoms with Gasteiger partial charge >= 0.3 is 0 Å². The fraction of sp³-hybridized carbons (Fsp3) is 0.833. The van der Waals surface area contributed by atoms with Gasteiger partial charge in [-0.1, -0.05) is 0 Å². The van der Waals surface area contributed by atoms with Gasteiger partial charge in [0.1, 0.15) is 10.8 Å². The van der Waals surface area contributed by atoms with E-state index in [0.29, 0.717) is 0 Å². The molecule has 0 saturated carbocycles. The molecule has 0 fully saturated rings. The van der Waals surface area contributed by atoms with E-state index in [2.05, 4.69) is 0 Å². The number of hydrogen-bond donors (Lipinski definition) is 2. The zero-order valence-corrected chi connectivity index (χ0v) is 7.47. The van der Waals surface area contributed by atoms with Crippen molar-refractivity contribution in [2.75, 3.05) is 20.3 Å². The van der Waals surface area contributed by atoms with Crippen LogP contribution in [0.25, 0.3) is 0 Å². The number of thioether (sulfide) groups is 1. The van der Waals surface area contributed by atoms with Gasteiger partial charge in [-0.3, -0.25) is 0 Å². The maximum Gasteiger partial charge on any atom is 0.136 e. The average Bonchev–Trinajstić information content (AvgIpc) is 2.05. The molecule has 1 unspecified atom stereocenters. The van der Waals surface area contributed by atoms with Crippen molar-refractivity contribution >= 4 is 11.8 Å². The van der Waals surface area contributed by atoms with Crippen LogP contribution >= 0.6 is 11.8 Å². The van der Waals surface area contributed by atoms with E-state index in [9.17, 15) is 0 Å². The molecule has 4 nitrogen and oxygen atoms in total. The fourth-order valence-electron chi connectivity index (χ4n) is 0.122. The van der Waals surface area contributed by atoms with E-state index in [4.69, 9.17) is 20.2 Å². The number of methoxy groups -OCH3 is 1. The molecular formula is C6H13NO3S. The number of aliphatic hydroxyl groups is 2. The molecule has 0 radical (unpaired) electrons. The summed E-state index contributed by atoms with van der Waals surface area (Å²) in [7, 11) is 1.58. The van der Waals surface area contributed by atoms with Gasteiger partial charge < -0.3 is 14.9 Å². The number of rotatable bonds is 3. The number of nitriles is 1. The van der Waals surface area contributed by atoms with Crippen LogP contribution in [0.2, 0.25) is 0 Å². The highest BCUT2D eigenvalue weighted by Crippen LogP contribution is 2.06. The first-order valence-corrected chi connectivity index (χ1v) is 3.90. The molecule has 2 N–H and O–H groups in total. The molecule has 0 bridgehead atoms. The maximum atomic E-state index is 8.00. The Morgan fingerprint density at radius 2 is 2.00 bits per heavy atom. The van der Waals surface area contributed by atoms with Gasteiger partial charge in [0.2, 0.25) is 0 Å². The lowest BCUT2D eigenvalue weighted by Crippen LogP contribution is -1.94. The van der Waals surface area contributed by atoms with Crippen LogP contribution in [0, 0.1) is 10.7 Å². The van der Waals surface area contributed by atoms with Crippen LogP contribution in [0.1, 0.15) is 6.92 Å². The lowest BCUT2D eigenvalue weighted by molar-refractivity contribution is 0.186. The Kier molecular flexibility index (Phi) is 15.0. The van der Waals surface area contributed by atoms with Crippen molar-refractivity contribution in [2.24, 2.45) is 0 Å². The summed E-state index contributed by atoms with van der Waals surface area (Å²) in [6.45, 7) is 1.58. The molecule has 0 spiro atoms. The van der Waals surface area contributed by atoms with Crippen LogP contribution in [0.4, 0.5) is 0 Å². The molecule has 0 saturated heterocycles. The summed E-state index contributed by atoms with van der Waals surface area (Å²) >= 11 is 1.11. The monoisotopic (exact) mass is 179 g/mol. The molecule has 0 aliphatic carbocycles. The Morgan fingerprint density at radius 1 is 1.55 bits per heavy atom. The van der Waals surface area contributed by atoms with Gasteiger partial charge in [-0.05, 0) is 18.7 Å². The van der Waals surface area contributed by atoms with Crippen molar-refractivity contribution in [1.82, 2.24) is 0 Å². The first-order valence-electron chi connectivity index (χ1n) is 3.02. The van der Waals surface area contributed by atoms with E-state index < -0.39 is 0 Å². The van der Waals surface area contributed by atoms with Crippen molar-refractivity contribution < 1.29 is 14.9 Å². The Labute approximate surface area is 70.8 Å². The third kappa shape index (κ3) is 17.7. The van der Waals surface area contributed by atoms with Gasteiger partial charge in [0.05, 0.1) is 13.2 Å². The Balaban J connectivity index is 0. The minimum Gasteiger partial charge on any atom is -0.394 e. The normalized spacial score (nSPS) is 10.8. The Morgan fingerprint density at radius 3 is 2.09 bits per heavy atom. The maximum absolute atomic E-state index is 8.00. The highest BCUT2D eigenvalue weighted by molar-refractivity contribution is 8.04. The zero-order valence-electron chi connectivity index (χ0n) is 6.65. The number of hydrogen-bond acceptors (Lipinski definition) is 5. The lowest BCUT2D eigenvalue weighted by Gasteiger charge is -1.98. The van der Waals surface area contributed by atoms with Gasteiger partial charge in [-0.2, -0.15) is 5.26 Å². The van der Waals surface area contributed by atoms with Crippen LogP contribution in [-0.2, 0) is 4.74 Å². The second kappa shape index (κ2) is 12.4. The highest BCUT2D eigenvalue weighted by atomic mass is 32.2. The summed E-state index contributed by atoms with van der Waals surface area (Å²) in [6, 6.07) is 0. The highest BCUT2D eigenvalue weighted by Gasteiger charge is 1.94. The predicted octanol–water partition coefficient (Wildman–Crippen LogP) is 0.164. The number of ether oxygens (including phenoxy) is 1. The molecule has 66 valence electrons. The van der Waals surface area contributed by atoms with Crippen molar-refractivity contribution in [3.63, 3.8) is 0 Å². The number of thiocyanates is 1. The molecule has 0 amide bonds. The van der Waals surface area contributed by atoms with Crippen LogP contribution in [0.5, 0.6) is 0 Å². The zero-order chi connectivity index (χ0) is 9.11. The molecule has 0 heterocycles. The third-order valence-corrected chi connectivity index (χ3v) is 1.28. The molecule has 5 heteroatoms. The van der Waals surface area contributed by atoms with Crippen LogP contribution in [0.15, 0.2) is 0 Å². The van der Waals surface area contributed by atoms with Crippen LogP contribution in [-0.4, -0.2) is 36.0 Å². The summed E-state index contributed by atoms with van der Waals surface area (Å²) in [5.74, 6) is 0. The average molecular weight is 179 g/mol. The van der Waals surface area contributed by atoms with Crippen LogP contribution < -0.4 is 0 Å². The molecule has 0 aromatic rings. The topological polar surface area (TPSA) is 73.5 Å². The van der Waals surface area contributed by atoms with Gasteiger partial charge in [0.25, 0.3) is 0 Å². The van der Waals surface area contributed by atoms with Gasteiger partial charge in [-0.15, -0.1) is 0 Å². The molecule has 0 aliphatic heterocycles. The van der Waals surface area contributed by atoms with Gasteiger partial charge in [0, 0.05) is 7.11 Å². The third-order valence-electron chi connectivity index (χ3n) is 0.651. The molecule has 0 rings (SSSR count). The summed E-state index contributed by atoms with van der Waals surface area (Å²) < 4.78 is 4.73.